The number of halogens is 1. The van der Waals surface area contributed by atoms with E-state index in [1.165, 1.54) is 17.0 Å². The molecule has 0 aliphatic carbocycles. The highest BCUT2D eigenvalue weighted by Crippen LogP contribution is 2.23. The van der Waals surface area contributed by atoms with Crippen molar-refractivity contribution in [2.45, 2.75) is 73.5 Å². The van der Waals surface area contributed by atoms with E-state index in [4.69, 9.17) is 0 Å². The summed E-state index contributed by atoms with van der Waals surface area (Å²) in [7, 11) is 0. The van der Waals surface area contributed by atoms with Crippen LogP contribution in [0.15, 0.2) is 36.4 Å². The number of benzene rings is 1. The summed E-state index contributed by atoms with van der Waals surface area (Å²) in [5, 5.41) is 0. The van der Waals surface area contributed by atoms with E-state index in [2.05, 4.69) is 0 Å². The minimum Gasteiger partial charge on any atom is -0.332 e. The minimum atomic E-state index is -0.300. The Morgan fingerprint density at radius 3 is 2.19 bits per heavy atom. The molecule has 0 radical (unpaired) electrons. The number of carbonyl (C=O) groups is 2. The molecule has 1 heterocycles. The number of hydrogen-bond donors (Lipinski definition) is 0. The second-order valence-electron chi connectivity index (χ2n) is 9.40. The summed E-state index contributed by atoms with van der Waals surface area (Å²) in [5.41, 5.74) is 0.716. The zero-order chi connectivity index (χ0) is 23.2. The van der Waals surface area contributed by atoms with Gasteiger partial charge in [-0.05, 0) is 55.5 Å². The maximum Gasteiger partial charge on any atom is 0.242 e. The molecule has 31 heavy (non-hydrogen) atoms. The molecule has 2 rings (SSSR count). The van der Waals surface area contributed by atoms with Crippen LogP contribution in [0.25, 0.3) is 0 Å². The maximum atomic E-state index is 13.4. The summed E-state index contributed by atoms with van der Waals surface area (Å²) in [6.45, 7) is 13.0. The maximum absolute atomic E-state index is 13.4. The zero-order valence-electron chi connectivity index (χ0n) is 19.6. The van der Waals surface area contributed by atoms with Crippen molar-refractivity contribution in [1.29, 1.82) is 0 Å². The third-order valence-corrected chi connectivity index (χ3v) is 6.20. The number of hydrogen-bond acceptors (Lipinski definition) is 3. The smallest absolute Gasteiger partial charge is 0.242 e. The van der Waals surface area contributed by atoms with E-state index in [9.17, 15) is 14.0 Å². The minimum absolute atomic E-state index is 0.00361. The molecule has 1 aromatic heterocycles. The summed E-state index contributed by atoms with van der Waals surface area (Å²) in [5.74, 6) is -0.395. The molecule has 0 aliphatic rings. The van der Waals surface area contributed by atoms with E-state index in [0.717, 1.165) is 16.9 Å². The Hall–Kier alpha value is -2.21. The highest BCUT2D eigenvalue weighted by molar-refractivity contribution is 7.11. The Balaban J connectivity index is 2.23. The average molecular weight is 447 g/mol. The van der Waals surface area contributed by atoms with Crippen molar-refractivity contribution in [2.75, 3.05) is 6.54 Å². The number of aryl methyl sites for hydroxylation is 1. The fourth-order valence-electron chi connectivity index (χ4n) is 3.31. The lowest BCUT2D eigenvalue weighted by molar-refractivity contribution is -0.144. The van der Waals surface area contributed by atoms with Gasteiger partial charge in [0.05, 0.1) is 6.54 Å². The van der Waals surface area contributed by atoms with Crippen LogP contribution in [0.4, 0.5) is 4.39 Å². The highest BCUT2D eigenvalue weighted by Gasteiger charge is 2.28. The van der Waals surface area contributed by atoms with Crippen molar-refractivity contribution in [3.8, 4) is 0 Å². The van der Waals surface area contributed by atoms with Crippen molar-refractivity contribution in [3.05, 3.63) is 57.5 Å². The van der Waals surface area contributed by atoms with E-state index in [1.54, 1.807) is 33.3 Å². The number of amides is 2. The first-order valence-corrected chi connectivity index (χ1v) is 11.7. The quantitative estimate of drug-likeness (QED) is 0.489. The van der Waals surface area contributed by atoms with Gasteiger partial charge < -0.3 is 9.80 Å². The third kappa shape index (κ3) is 8.09. The fraction of sp³-hybridized carbons (Fsp3) is 0.520. The van der Waals surface area contributed by atoms with Gasteiger partial charge in [-0.3, -0.25) is 9.59 Å². The molecular weight excluding hydrogens is 411 g/mol. The van der Waals surface area contributed by atoms with Crippen LogP contribution >= 0.6 is 11.3 Å². The normalized spacial score (nSPS) is 12.5. The Labute approximate surface area is 190 Å². The topological polar surface area (TPSA) is 40.6 Å². The first kappa shape index (κ1) is 25.1. The van der Waals surface area contributed by atoms with E-state index in [0.29, 0.717) is 19.5 Å². The zero-order valence-corrected chi connectivity index (χ0v) is 20.4. The van der Waals surface area contributed by atoms with Crippen molar-refractivity contribution in [3.63, 3.8) is 0 Å². The van der Waals surface area contributed by atoms with Crippen LogP contribution in [0, 0.1) is 18.2 Å². The first-order chi connectivity index (χ1) is 14.5. The van der Waals surface area contributed by atoms with Gasteiger partial charge in [-0.1, -0.05) is 39.8 Å². The Kier molecular flexibility index (Phi) is 8.80. The molecule has 1 aromatic carbocycles. The van der Waals surface area contributed by atoms with Gasteiger partial charge in [0, 0.05) is 28.8 Å². The number of carbonyl (C=O) groups excluding carboxylic acids is 2. The molecule has 6 heteroatoms. The van der Waals surface area contributed by atoms with Crippen LogP contribution in [-0.4, -0.2) is 34.2 Å². The van der Waals surface area contributed by atoms with Gasteiger partial charge in [-0.2, -0.15) is 0 Å². The molecule has 2 amide bonds. The molecule has 0 aliphatic heterocycles. The molecule has 0 bridgehead atoms. The predicted octanol–water partition coefficient (Wildman–Crippen LogP) is 5.79. The second kappa shape index (κ2) is 10.9. The van der Waals surface area contributed by atoms with Crippen LogP contribution in [-0.2, 0) is 22.7 Å². The van der Waals surface area contributed by atoms with Gasteiger partial charge in [-0.15, -0.1) is 11.3 Å². The molecule has 1 atom stereocenters. The molecule has 170 valence electrons. The van der Waals surface area contributed by atoms with Gasteiger partial charge in [0.1, 0.15) is 12.4 Å². The van der Waals surface area contributed by atoms with Gasteiger partial charge in [0.2, 0.25) is 11.8 Å². The average Bonchev–Trinajstić information content (AvgIpc) is 3.09. The van der Waals surface area contributed by atoms with E-state index in [-0.39, 0.29) is 35.6 Å². The SMILES string of the molecule is CCC(C)N(CC(=O)N(Cc1ccc(F)cc1)Cc1ccc(C)s1)C(=O)CC(C)(C)C. The first-order valence-electron chi connectivity index (χ1n) is 10.9. The van der Waals surface area contributed by atoms with Gasteiger partial charge in [-0.25, -0.2) is 4.39 Å². The lowest BCUT2D eigenvalue weighted by Gasteiger charge is -2.33. The highest BCUT2D eigenvalue weighted by atomic mass is 32.1. The van der Waals surface area contributed by atoms with Crippen molar-refractivity contribution in [1.82, 2.24) is 9.80 Å². The molecule has 2 aromatic rings. The molecule has 0 saturated heterocycles. The van der Waals surface area contributed by atoms with Crippen LogP contribution < -0.4 is 0 Å². The van der Waals surface area contributed by atoms with Crippen LogP contribution in [0.2, 0.25) is 0 Å². The Bertz CT molecular complexity index is 870. The third-order valence-electron chi connectivity index (χ3n) is 5.21. The van der Waals surface area contributed by atoms with Gasteiger partial charge in [0.25, 0.3) is 0 Å². The molecule has 1 unspecified atom stereocenters. The number of rotatable bonds is 9. The van der Waals surface area contributed by atoms with Crippen molar-refractivity contribution >= 4 is 23.2 Å². The molecule has 0 spiro atoms. The molecule has 0 N–H and O–H groups in total. The second-order valence-corrected chi connectivity index (χ2v) is 10.8. The summed E-state index contributed by atoms with van der Waals surface area (Å²) in [6.07, 6.45) is 1.18. The summed E-state index contributed by atoms with van der Waals surface area (Å²) in [4.78, 5) is 32.1. The Morgan fingerprint density at radius 2 is 1.68 bits per heavy atom. The van der Waals surface area contributed by atoms with E-state index < -0.39 is 0 Å². The molecular formula is C25H35FN2O2S. The van der Waals surface area contributed by atoms with Crippen LogP contribution in [0.3, 0.4) is 0 Å². The monoisotopic (exact) mass is 446 g/mol. The summed E-state index contributed by atoms with van der Waals surface area (Å²) < 4.78 is 13.3. The van der Waals surface area contributed by atoms with Gasteiger partial charge in [0.15, 0.2) is 0 Å². The van der Waals surface area contributed by atoms with Gasteiger partial charge >= 0.3 is 0 Å². The van der Waals surface area contributed by atoms with E-state index >= 15 is 0 Å². The fourth-order valence-corrected chi connectivity index (χ4v) is 4.22. The van der Waals surface area contributed by atoms with Crippen molar-refractivity contribution in [2.24, 2.45) is 5.41 Å². The Morgan fingerprint density at radius 1 is 1.03 bits per heavy atom. The summed E-state index contributed by atoms with van der Waals surface area (Å²) in [6, 6.07) is 10.3. The predicted molar refractivity (Wildman–Crippen MR) is 125 cm³/mol. The van der Waals surface area contributed by atoms with E-state index in [1.807, 2.05) is 53.7 Å². The standard InChI is InChI=1S/C25H35FN2O2S/c1-7-18(2)28(23(29)14-25(4,5)6)17-24(30)27(16-22-13-8-19(3)31-22)15-20-9-11-21(26)12-10-20/h8-13,18H,7,14-17H2,1-6H3. The molecule has 4 nitrogen and oxygen atoms in total. The van der Waals surface area contributed by atoms with Crippen LogP contribution in [0.1, 0.15) is 62.8 Å². The number of nitrogens with zero attached hydrogens (tertiary/aromatic N) is 2. The number of thiophene rings is 1. The largest absolute Gasteiger partial charge is 0.332 e. The lowest BCUT2D eigenvalue weighted by atomic mass is 9.91. The van der Waals surface area contributed by atoms with Crippen molar-refractivity contribution < 1.29 is 14.0 Å². The molecule has 0 fully saturated rings. The molecule has 0 saturated carbocycles. The summed E-state index contributed by atoms with van der Waals surface area (Å²) >= 11 is 1.66. The van der Waals surface area contributed by atoms with Crippen LogP contribution in [0.5, 0.6) is 0 Å². The lowest BCUT2D eigenvalue weighted by Crippen LogP contribution is -2.47.